The molecule has 1 aromatic rings. The number of piperidine rings is 1. The Morgan fingerprint density at radius 3 is 2.93 bits per heavy atom. The van der Waals surface area contributed by atoms with E-state index in [4.69, 9.17) is 0 Å². The van der Waals surface area contributed by atoms with E-state index in [1.54, 1.807) is 4.90 Å². The Balaban J connectivity index is 1.39. The van der Waals surface area contributed by atoms with Gasteiger partial charge < -0.3 is 10.2 Å². The maximum atomic E-state index is 12.2. The number of hydrogen-bond donors (Lipinski definition) is 3. The largest absolute Gasteiger partial charge is 0.354 e. The molecule has 2 heterocycles. The Bertz CT molecular complexity index is 674. The topological polar surface area (TPSA) is 65.9 Å². The zero-order valence-corrected chi connectivity index (χ0v) is 16.2. The third kappa shape index (κ3) is 5.82. The summed E-state index contributed by atoms with van der Waals surface area (Å²) >= 11 is 0. The molecule has 2 unspecified atom stereocenters. The van der Waals surface area contributed by atoms with Crippen LogP contribution in [0.25, 0.3) is 5.70 Å². The molecule has 3 rings (SSSR count). The average molecular weight is 372 g/mol. The molecule has 2 aliphatic heterocycles. The summed E-state index contributed by atoms with van der Waals surface area (Å²) < 4.78 is 0. The van der Waals surface area contributed by atoms with Gasteiger partial charge in [0.15, 0.2) is 0 Å². The predicted molar refractivity (Wildman–Crippen MR) is 105 cm³/mol. The van der Waals surface area contributed by atoms with Crippen LogP contribution < -0.4 is 15.6 Å². The second-order valence-electron chi connectivity index (χ2n) is 7.68. The summed E-state index contributed by atoms with van der Waals surface area (Å²) in [6.07, 6.45) is 5.80. The molecule has 0 spiro atoms. The van der Waals surface area contributed by atoms with Crippen molar-refractivity contribution in [3.05, 3.63) is 42.0 Å². The molecule has 2 amide bonds. The Morgan fingerprint density at radius 2 is 2.15 bits per heavy atom. The molecule has 6 nitrogen and oxygen atoms in total. The fourth-order valence-electron chi connectivity index (χ4n) is 3.87. The van der Waals surface area contributed by atoms with Gasteiger partial charge in [-0.15, -0.1) is 0 Å². The molecular weight excluding hydrogens is 340 g/mol. The zero-order chi connectivity index (χ0) is 19.1. The molecule has 6 heteroatoms. The summed E-state index contributed by atoms with van der Waals surface area (Å²) in [5.41, 5.74) is 4.95. The van der Waals surface area contributed by atoms with Gasteiger partial charge in [-0.25, -0.2) is 5.01 Å². The molecule has 0 aromatic heterocycles. The molecule has 3 N–H and O–H groups in total. The minimum Gasteiger partial charge on any atom is -0.354 e. The van der Waals surface area contributed by atoms with Crippen molar-refractivity contribution < 1.29 is 14.5 Å². The number of nitrogens with one attached hydrogen (secondary N) is 3. The van der Waals surface area contributed by atoms with E-state index >= 15 is 0 Å². The van der Waals surface area contributed by atoms with Crippen LogP contribution in [-0.4, -0.2) is 49.5 Å². The van der Waals surface area contributed by atoms with Gasteiger partial charge in [-0.05, 0) is 24.5 Å². The highest BCUT2D eigenvalue weighted by Crippen LogP contribution is 2.16. The maximum Gasteiger partial charge on any atom is 0.245 e. The molecule has 2 atom stereocenters. The minimum atomic E-state index is -0.118. The third-order valence-electron chi connectivity index (χ3n) is 5.32. The zero-order valence-electron chi connectivity index (χ0n) is 16.2. The van der Waals surface area contributed by atoms with Crippen LogP contribution in [0, 0.1) is 5.92 Å². The number of likely N-dealkylation sites (tertiary alicyclic amines) is 1. The summed E-state index contributed by atoms with van der Waals surface area (Å²) in [6, 6.07) is 9.83. The summed E-state index contributed by atoms with van der Waals surface area (Å²) in [4.78, 5) is 26.0. The number of carbonyl (C=O) groups is 2. The van der Waals surface area contributed by atoms with E-state index in [0.717, 1.165) is 30.1 Å². The van der Waals surface area contributed by atoms with E-state index in [0.29, 0.717) is 13.0 Å². The van der Waals surface area contributed by atoms with Crippen molar-refractivity contribution >= 4 is 17.5 Å². The molecule has 1 aromatic carbocycles. The second kappa shape index (κ2) is 9.55. The lowest BCUT2D eigenvalue weighted by molar-refractivity contribution is -0.908. The molecule has 27 heavy (non-hydrogen) atoms. The smallest absolute Gasteiger partial charge is 0.245 e. The van der Waals surface area contributed by atoms with E-state index < -0.39 is 0 Å². The van der Waals surface area contributed by atoms with Crippen molar-refractivity contribution in [2.75, 3.05) is 32.7 Å². The fraction of sp³-hybridized carbons (Fsp3) is 0.524. The average Bonchev–Trinajstić information content (AvgIpc) is 2.68. The molecule has 0 aliphatic carbocycles. The van der Waals surface area contributed by atoms with Crippen LogP contribution in [0.15, 0.2) is 36.4 Å². The van der Waals surface area contributed by atoms with E-state index in [2.05, 4.69) is 17.7 Å². The van der Waals surface area contributed by atoms with Gasteiger partial charge in [-0.2, -0.15) is 0 Å². The standard InChI is InChI=1S/C21H30N4O2/c1-17-7-5-13-24(15-17)14-6-12-22-20(26)16-25-21(27)11-10-19(23-25)18-8-3-2-4-9-18/h2-4,8-10,17,23H,5-7,11-16H2,1H3,(H,22,26)/p+1. The minimum absolute atomic E-state index is 0.0383. The van der Waals surface area contributed by atoms with Crippen molar-refractivity contribution in [1.82, 2.24) is 15.8 Å². The van der Waals surface area contributed by atoms with Gasteiger partial charge in [0.25, 0.3) is 0 Å². The lowest BCUT2D eigenvalue weighted by atomic mass is 10.0. The summed E-state index contributed by atoms with van der Waals surface area (Å²) in [6.45, 7) is 6.62. The molecule has 0 radical (unpaired) electrons. The number of quaternary nitrogens is 1. The van der Waals surface area contributed by atoms with Gasteiger partial charge in [0.2, 0.25) is 11.8 Å². The first-order valence-corrected chi connectivity index (χ1v) is 10.0. The molecule has 1 saturated heterocycles. The highest BCUT2D eigenvalue weighted by atomic mass is 16.2. The number of amides is 2. The van der Waals surface area contributed by atoms with Crippen LogP contribution in [0.4, 0.5) is 0 Å². The van der Waals surface area contributed by atoms with Gasteiger partial charge in [0, 0.05) is 25.3 Å². The van der Waals surface area contributed by atoms with Crippen LogP contribution in [0.1, 0.15) is 38.2 Å². The third-order valence-corrected chi connectivity index (χ3v) is 5.32. The lowest BCUT2D eigenvalue weighted by Crippen LogP contribution is -3.13. The Kier molecular flexibility index (Phi) is 6.87. The van der Waals surface area contributed by atoms with Crippen molar-refractivity contribution in [2.24, 2.45) is 5.92 Å². The first kappa shape index (κ1) is 19.4. The predicted octanol–water partition coefficient (Wildman–Crippen LogP) is 0.586. The van der Waals surface area contributed by atoms with Crippen molar-refractivity contribution in [3.63, 3.8) is 0 Å². The van der Waals surface area contributed by atoms with Crippen LogP contribution in [0.5, 0.6) is 0 Å². The second-order valence-corrected chi connectivity index (χ2v) is 7.68. The SMILES string of the molecule is CC1CCC[NH+](CCCNC(=O)CN2NC(c3ccccc3)=CCC2=O)C1. The van der Waals surface area contributed by atoms with Gasteiger partial charge >= 0.3 is 0 Å². The Hall–Kier alpha value is -2.34. The first-order chi connectivity index (χ1) is 13.1. The number of benzene rings is 1. The quantitative estimate of drug-likeness (QED) is 0.615. The highest BCUT2D eigenvalue weighted by Gasteiger charge is 2.22. The molecule has 0 bridgehead atoms. The maximum absolute atomic E-state index is 12.2. The van der Waals surface area contributed by atoms with Crippen LogP contribution in [0.2, 0.25) is 0 Å². The lowest BCUT2D eigenvalue weighted by Gasteiger charge is -2.29. The Labute approximate surface area is 161 Å². The molecule has 146 valence electrons. The Morgan fingerprint density at radius 1 is 1.33 bits per heavy atom. The van der Waals surface area contributed by atoms with Crippen LogP contribution >= 0.6 is 0 Å². The number of hydrogen-bond acceptors (Lipinski definition) is 3. The first-order valence-electron chi connectivity index (χ1n) is 10.0. The summed E-state index contributed by atoms with van der Waals surface area (Å²) in [5, 5.41) is 4.36. The highest BCUT2D eigenvalue weighted by molar-refractivity contribution is 5.88. The number of hydrazine groups is 1. The molecule has 2 aliphatic rings. The van der Waals surface area contributed by atoms with Gasteiger partial charge in [-0.3, -0.25) is 15.0 Å². The van der Waals surface area contributed by atoms with Crippen LogP contribution in [-0.2, 0) is 9.59 Å². The number of rotatable bonds is 7. The molecule has 1 fully saturated rings. The van der Waals surface area contributed by atoms with E-state index in [9.17, 15) is 9.59 Å². The van der Waals surface area contributed by atoms with Crippen molar-refractivity contribution in [1.29, 1.82) is 0 Å². The normalized spacial score (nSPS) is 22.8. The van der Waals surface area contributed by atoms with Gasteiger partial charge in [0.05, 0.1) is 25.3 Å². The van der Waals surface area contributed by atoms with Crippen molar-refractivity contribution in [2.45, 2.75) is 32.6 Å². The number of nitrogens with zero attached hydrogens (tertiary/aromatic N) is 1. The van der Waals surface area contributed by atoms with E-state index in [1.165, 1.54) is 30.9 Å². The van der Waals surface area contributed by atoms with Gasteiger partial charge in [-0.1, -0.05) is 37.3 Å². The van der Waals surface area contributed by atoms with E-state index in [1.807, 2.05) is 36.4 Å². The summed E-state index contributed by atoms with van der Waals surface area (Å²) in [5.74, 6) is 0.607. The monoisotopic (exact) mass is 371 g/mol. The number of carbonyl (C=O) groups excluding carboxylic acids is 2. The van der Waals surface area contributed by atoms with Crippen molar-refractivity contribution in [3.8, 4) is 0 Å². The van der Waals surface area contributed by atoms with Gasteiger partial charge in [0.1, 0.15) is 6.54 Å². The molecular formula is C21H31N4O2+. The molecule has 0 saturated carbocycles. The van der Waals surface area contributed by atoms with Crippen LogP contribution in [0.3, 0.4) is 0 Å². The van der Waals surface area contributed by atoms with E-state index in [-0.39, 0.29) is 18.4 Å². The fourth-order valence-corrected chi connectivity index (χ4v) is 3.87. The summed E-state index contributed by atoms with van der Waals surface area (Å²) in [7, 11) is 0.